The average molecular weight is 269 g/mol. The summed E-state index contributed by atoms with van der Waals surface area (Å²) in [5, 5.41) is 22.9. The van der Waals surface area contributed by atoms with Gasteiger partial charge in [0.25, 0.3) is 0 Å². The third-order valence-corrected chi connectivity index (χ3v) is 3.48. The summed E-state index contributed by atoms with van der Waals surface area (Å²) < 4.78 is 0. The van der Waals surface area contributed by atoms with Crippen LogP contribution in [0.1, 0.15) is 24.2 Å². The average Bonchev–Trinajstić information content (AvgIpc) is 2.36. The van der Waals surface area contributed by atoms with Crippen molar-refractivity contribution in [2.75, 3.05) is 12.8 Å². The normalized spacial score (nSPS) is 14.2. The molecule has 2 atom stereocenters. The molecule has 0 aliphatic rings. The number of benzene rings is 1. The van der Waals surface area contributed by atoms with Crippen LogP contribution in [0.5, 0.6) is 0 Å². The molecule has 100 valence electrons. The number of hydrogen-bond donors (Lipinski definition) is 3. The Morgan fingerprint density at radius 1 is 1.39 bits per heavy atom. The van der Waals surface area contributed by atoms with Gasteiger partial charge >= 0.3 is 0 Å². The lowest BCUT2D eigenvalue weighted by Gasteiger charge is -2.20. The Balaban J connectivity index is 2.75. The number of carbonyl (C=O) groups is 1. The first-order chi connectivity index (χ1) is 8.56. The molecule has 0 saturated carbocycles. The summed E-state index contributed by atoms with van der Waals surface area (Å²) in [6, 6.07) is 7.40. The summed E-state index contributed by atoms with van der Waals surface area (Å²) in [5.41, 5.74) is 1.64. The van der Waals surface area contributed by atoms with Gasteiger partial charge in [-0.1, -0.05) is 36.0 Å². The highest BCUT2D eigenvalue weighted by atomic mass is 32.2. The first kappa shape index (κ1) is 15.2. The van der Waals surface area contributed by atoms with E-state index in [1.54, 1.807) is 6.07 Å². The highest BCUT2D eigenvalue weighted by Gasteiger charge is 2.21. The van der Waals surface area contributed by atoms with Crippen molar-refractivity contribution in [1.29, 1.82) is 0 Å². The lowest BCUT2D eigenvalue weighted by Crippen LogP contribution is -2.23. The van der Waals surface area contributed by atoms with Crippen molar-refractivity contribution in [2.45, 2.75) is 25.7 Å². The zero-order chi connectivity index (χ0) is 13.5. The second-order valence-electron chi connectivity index (χ2n) is 4.04. The van der Waals surface area contributed by atoms with Crippen molar-refractivity contribution in [2.24, 2.45) is 0 Å². The Bertz CT molecular complexity index is 398. The lowest BCUT2D eigenvalue weighted by molar-refractivity contribution is -0.109. The molecule has 0 fully saturated rings. The summed E-state index contributed by atoms with van der Waals surface area (Å²) in [7, 11) is 1.82. The molecular formula is C13H19NO3S. The Morgan fingerprint density at radius 3 is 2.67 bits per heavy atom. The third-order valence-electron chi connectivity index (χ3n) is 2.56. The van der Waals surface area contributed by atoms with E-state index in [4.69, 9.17) is 0 Å². The topological polar surface area (TPSA) is 69.6 Å². The monoisotopic (exact) mass is 269 g/mol. The van der Waals surface area contributed by atoms with Crippen LogP contribution in [-0.4, -0.2) is 34.2 Å². The molecule has 4 nitrogen and oxygen atoms in total. The van der Waals surface area contributed by atoms with Crippen molar-refractivity contribution < 1.29 is 15.0 Å². The highest BCUT2D eigenvalue weighted by Crippen LogP contribution is 2.23. The molecule has 0 bridgehead atoms. The minimum atomic E-state index is -0.971. The molecule has 1 aromatic carbocycles. The molecule has 0 aliphatic heterocycles. The van der Waals surface area contributed by atoms with Gasteiger partial charge < -0.3 is 15.5 Å². The van der Waals surface area contributed by atoms with E-state index >= 15 is 0 Å². The van der Waals surface area contributed by atoms with E-state index in [2.05, 4.69) is 5.32 Å². The summed E-state index contributed by atoms with van der Waals surface area (Å²) in [6.45, 7) is 2.07. The third kappa shape index (κ3) is 4.42. The molecule has 0 spiro atoms. The van der Waals surface area contributed by atoms with Crippen LogP contribution in [-0.2, 0) is 11.3 Å². The fourth-order valence-corrected chi connectivity index (χ4v) is 2.26. The summed E-state index contributed by atoms with van der Waals surface area (Å²) in [6.07, 6.45) is -1.92. The summed E-state index contributed by atoms with van der Waals surface area (Å²) in [4.78, 5) is 10.8. The Morgan fingerprint density at radius 2 is 2.06 bits per heavy atom. The molecule has 0 heterocycles. The van der Waals surface area contributed by atoms with Crippen LogP contribution in [0.15, 0.2) is 24.3 Å². The minimum absolute atomic E-state index is 0.0650. The van der Waals surface area contributed by atoms with E-state index in [0.29, 0.717) is 12.1 Å². The van der Waals surface area contributed by atoms with Crippen LogP contribution in [0.2, 0.25) is 0 Å². The quantitative estimate of drug-likeness (QED) is 0.721. The van der Waals surface area contributed by atoms with Crippen LogP contribution >= 0.6 is 11.8 Å². The van der Waals surface area contributed by atoms with E-state index < -0.39 is 12.2 Å². The van der Waals surface area contributed by atoms with Gasteiger partial charge in [0.05, 0.1) is 6.10 Å². The van der Waals surface area contributed by atoms with Gasteiger partial charge in [-0.05, 0) is 18.2 Å². The minimum Gasteiger partial charge on any atom is -0.389 e. The Hall–Kier alpha value is -0.880. The van der Waals surface area contributed by atoms with E-state index in [0.717, 1.165) is 17.3 Å². The van der Waals surface area contributed by atoms with Crippen LogP contribution in [0.4, 0.5) is 0 Å². The molecule has 5 heteroatoms. The van der Waals surface area contributed by atoms with Crippen molar-refractivity contribution in [1.82, 2.24) is 5.32 Å². The SMILES string of the molecule is CNCc1ccccc1C(O)C(O)CSC(C)=O. The van der Waals surface area contributed by atoms with E-state index in [9.17, 15) is 15.0 Å². The van der Waals surface area contributed by atoms with Gasteiger partial charge in [0.1, 0.15) is 6.10 Å². The predicted octanol–water partition coefficient (Wildman–Crippen LogP) is 1.08. The fraction of sp³-hybridized carbons (Fsp3) is 0.462. The van der Waals surface area contributed by atoms with Crippen LogP contribution in [0, 0.1) is 0 Å². The Kier molecular flexibility index (Phi) is 6.35. The maximum atomic E-state index is 10.8. The number of rotatable bonds is 6. The van der Waals surface area contributed by atoms with Crippen LogP contribution in [0.3, 0.4) is 0 Å². The highest BCUT2D eigenvalue weighted by molar-refractivity contribution is 8.13. The standard InChI is InChI=1S/C13H19NO3S/c1-9(15)18-8-12(16)13(17)11-6-4-3-5-10(11)7-14-2/h3-6,12-14,16-17H,7-8H2,1-2H3. The van der Waals surface area contributed by atoms with Crippen molar-refractivity contribution in [3.8, 4) is 0 Å². The largest absolute Gasteiger partial charge is 0.389 e. The number of aliphatic hydroxyl groups excluding tert-OH is 2. The van der Waals surface area contributed by atoms with E-state index in [-0.39, 0.29) is 10.9 Å². The smallest absolute Gasteiger partial charge is 0.185 e. The molecule has 0 amide bonds. The molecular weight excluding hydrogens is 250 g/mol. The number of nitrogens with one attached hydrogen (secondary N) is 1. The predicted molar refractivity (Wildman–Crippen MR) is 73.3 cm³/mol. The van der Waals surface area contributed by atoms with Gasteiger partial charge in [-0.15, -0.1) is 0 Å². The van der Waals surface area contributed by atoms with Gasteiger partial charge in [-0.3, -0.25) is 4.79 Å². The van der Waals surface area contributed by atoms with Gasteiger partial charge in [0.15, 0.2) is 5.12 Å². The number of carbonyl (C=O) groups excluding carboxylic acids is 1. The van der Waals surface area contributed by atoms with E-state index in [1.165, 1.54) is 6.92 Å². The molecule has 1 rings (SSSR count). The molecule has 0 saturated heterocycles. The van der Waals surface area contributed by atoms with Gasteiger partial charge in [0.2, 0.25) is 0 Å². The molecule has 0 aromatic heterocycles. The number of hydrogen-bond acceptors (Lipinski definition) is 5. The number of thioether (sulfide) groups is 1. The maximum absolute atomic E-state index is 10.8. The van der Waals surface area contributed by atoms with Gasteiger partial charge in [-0.25, -0.2) is 0 Å². The first-order valence-corrected chi connectivity index (χ1v) is 6.76. The van der Waals surface area contributed by atoms with Crippen molar-refractivity contribution >= 4 is 16.9 Å². The fourth-order valence-electron chi connectivity index (χ4n) is 1.68. The van der Waals surface area contributed by atoms with Gasteiger partial charge in [0, 0.05) is 19.2 Å². The molecule has 1 aromatic rings. The second kappa shape index (κ2) is 7.53. The zero-order valence-corrected chi connectivity index (χ0v) is 11.4. The van der Waals surface area contributed by atoms with Crippen molar-refractivity contribution in [3.05, 3.63) is 35.4 Å². The molecule has 3 N–H and O–H groups in total. The molecule has 0 aliphatic carbocycles. The zero-order valence-electron chi connectivity index (χ0n) is 10.6. The lowest BCUT2D eigenvalue weighted by atomic mass is 9.99. The molecule has 18 heavy (non-hydrogen) atoms. The molecule has 2 unspecified atom stereocenters. The second-order valence-corrected chi connectivity index (χ2v) is 5.24. The first-order valence-electron chi connectivity index (χ1n) is 5.78. The van der Waals surface area contributed by atoms with Crippen LogP contribution < -0.4 is 5.32 Å². The summed E-state index contributed by atoms with van der Waals surface area (Å²) >= 11 is 1.02. The Labute approximate surface area is 111 Å². The van der Waals surface area contributed by atoms with Crippen LogP contribution in [0.25, 0.3) is 0 Å². The number of aliphatic hydroxyl groups is 2. The molecule has 0 radical (unpaired) electrons. The van der Waals surface area contributed by atoms with E-state index in [1.807, 2.05) is 25.2 Å². The van der Waals surface area contributed by atoms with Crippen molar-refractivity contribution in [3.63, 3.8) is 0 Å². The summed E-state index contributed by atoms with van der Waals surface area (Å²) in [5.74, 6) is 0.199. The maximum Gasteiger partial charge on any atom is 0.185 e. The van der Waals surface area contributed by atoms with Gasteiger partial charge in [-0.2, -0.15) is 0 Å².